The van der Waals surface area contributed by atoms with Gasteiger partial charge in [-0.15, -0.1) is 0 Å². The van der Waals surface area contributed by atoms with Gasteiger partial charge in [-0.3, -0.25) is 0 Å². The minimum Gasteiger partial charge on any atom is -0.370 e. The van der Waals surface area contributed by atoms with E-state index in [1.807, 2.05) is 18.6 Å². The molecule has 0 aliphatic heterocycles. The van der Waals surface area contributed by atoms with E-state index >= 15 is 0 Å². The van der Waals surface area contributed by atoms with Crippen LogP contribution in [0.25, 0.3) is 0 Å². The summed E-state index contributed by atoms with van der Waals surface area (Å²) < 4.78 is 2.09. The van der Waals surface area contributed by atoms with Crippen molar-refractivity contribution in [1.82, 2.24) is 19.5 Å². The molecule has 7 heteroatoms. The molecule has 21 heavy (non-hydrogen) atoms. The van der Waals surface area contributed by atoms with E-state index in [4.69, 9.17) is 5.84 Å². The Morgan fingerprint density at radius 3 is 2.81 bits per heavy atom. The van der Waals surface area contributed by atoms with Crippen LogP contribution in [0, 0.1) is 0 Å². The summed E-state index contributed by atoms with van der Waals surface area (Å²) in [7, 11) is 0. The molecule has 2 heterocycles. The standard InChI is InChI=1S/C14H21N7/c15-20-13-9-12(18-14(19-13)11-3-4-11)17-5-1-2-7-21-8-6-16-10-21/h6,8-11H,1-5,7,15H2,(H2,17,18,19,20). The van der Waals surface area contributed by atoms with E-state index in [0.717, 1.165) is 37.6 Å². The molecule has 0 saturated heterocycles. The van der Waals surface area contributed by atoms with Crippen LogP contribution in [0.3, 0.4) is 0 Å². The summed E-state index contributed by atoms with van der Waals surface area (Å²) in [5.74, 6) is 8.39. The molecule has 112 valence electrons. The number of nitrogens with two attached hydrogens (primary N) is 1. The Morgan fingerprint density at radius 2 is 2.10 bits per heavy atom. The van der Waals surface area contributed by atoms with Crippen LogP contribution < -0.4 is 16.6 Å². The van der Waals surface area contributed by atoms with E-state index in [0.29, 0.717) is 11.7 Å². The number of nitrogens with one attached hydrogen (secondary N) is 2. The number of rotatable bonds is 8. The minimum atomic E-state index is 0.514. The zero-order valence-electron chi connectivity index (χ0n) is 12.0. The first-order valence-corrected chi connectivity index (χ1v) is 7.40. The van der Waals surface area contributed by atoms with E-state index in [9.17, 15) is 0 Å². The van der Waals surface area contributed by atoms with Gasteiger partial charge in [0.2, 0.25) is 0 Å². The van der Waals surface area contributed by atoms with Crippen LogP contribution in [0.2, 0.25) is 0 Å². The second-order valence-electron chi connectivity index (χ2n) is 5.35. The largest absolute Gasteiger partial charge is 0.370 e. The lowest BCUT2D eigenvalue weighted by molar-refractivity contribution is 0.620. The number of hydrogen-bond acceptors (Lipinski definition) is 6. The molecule has 1 fully saturated rings. The molecule has 0 atom stereocenters. The summed E-state index contributed by atoms with van der Waals surface area (Å²) in [5, 5.41) is 3.35. The van der Waals surface area contributed by atoms with Crippen LogP contribution in [0.15, 0.2) is 24.8 Å². The quantitative estimate of drug-likeness (QED) is 0.389. The van der Waals surface area contributed by atoms with Gasteiger partial charge in [-0.25, -0.2) is 20.8 Å². The van der Waals surface area contributed by atoms with Gasteiger partial charge in [-0.2, -0.15) is 0 Å². The molecule has 0 spiro atoms. The summed E-state index contributed by atoms with van der Waals surface area (Å²) in [6.45, 7) is 1.88. The maximum absolute atomic E-state index is 5.46. The first-order valence-electron chi connectivity index (χ1n) is 7.40. The molecular weight excluding hydrogens is 266 g/mol. The lowest BCUT2D eigenvalue weighted by Crippen LogP contribution is -2.12. The van der Waals surface area contributed by atoms with E-state index in [2.05, 4.69) is 30.3 Å². The number of nitrogens with zero attached hydrogens (tertiary/aromatic N) is 4. The number of anilines is 2. The van der Waals surface area contributed by atoms with Crippen molar-refractivity contribution >= 4 is 11.6 Å². The molecule has 0 radical (unpaired) electrons. The molecule has 3 rings (SSSR count). The van der Waals surface area contributed by atoms with Crippen LogP contribution >= 0.6 is 0 Å². The van der Waals surface area contributed by atoms with Crippen molar-refractivity contribution in [2.45, 2.75) is 38.1 Å². The zero-order chi connectivity index (χ0) is 14.5. The van der Waals surface area contributed by atoms with E-state index in [1.54, 1.807) is 6.20 Å². The zero-order valence-corrected chi connectivity index (χ0v) is 12.0. The second-order valence-corrected chi connectivity index (χ2v) is 5.35. The smallest absolute Gasteiger partial charge is 0.145 e. The molecular formula is C14H21N7. The van der Waals surface area contributed by atoms with Gasteiger partial charge in [0.05, 0.1) is 6.33 Å². The third-order valence-electron chi connectivity index (χ3n) is 3.54. The molecule has 2 aromatic rings. The lowest BCUT2D eigenvalue weighted by Gasteiger charge is -2.09. The highest BCUT2D eigenvalue weighted by atomic mass is 15.3. The van der Waals surface area contributed by atoms with E-state index < -0.39 is 0 Å². The summed E-state index contributed by atoms with van der Waals surface area (Å²) in [5.41, 5.74) is 2.61. The fourth-order valence-corrected chi connectivity index (χ4v) is 2.21. The van der Waals surface area contributed by atoms with Crippen LogP contribution in [0.1, 0.15) is 37.4 Å². The van der Waals surface area contributed by atoms with Gasteiger partial charge in [-0.05, 0) is 25.7 Å². The van der Waals surface area contributed by atoms with Crippen molar-refractivity contribution in [1.29, 1.82) is 0 Å². The van der Waals surface area contributed by atoms with Crippen molar-refractivity contribution in [2.75, 3.05) is 17.3 Å². The Bertz CT molecular complexity index is 563. The molecule has 0 amide bonds. The highest BCUT2D eigenvalue weighted by Gasteiger charge is 2.27. The second kappa shape index (κ2) is 6.53. The third-order valence-corrected chi connectivity index (χ3v) is 3.54. The Kier molecular flexibility index (Phi) is 4.30. The van der Waals surface area contributed by atoms with Crippen molar-refractivity contribution in [3.63, 3.8) is 0 Å². The highest BCUT2D eigenvalue weighted by Crippen LogP contribution is 2.38. The van der Waals surface area contributed by atoms with Crippen molar-refractivity contribution < 1.29 is 0 Å². The SMILES string of the molecule is NNc1cc(NCCCCn2ccnc2)nc(C2CC2)n1. The molecule has 0 bridgehead atoms. The average molecular weight is 287 g/mol. The van der Waals surface area contributed by atoms with Gasteiger partial charge < -0.3 is 15.3 Å². The summed E-state index contributed by atoms with van der Waals surface area (Å²) in [4.78, 5) is 13.0. The van der Waals surface area contributed by atoms with Crippen molar-refractivity contribution in [3.8, 4) is 0 Å². The van der Waals surface area contributed by atoms with Crippen LogP contribution in [0.5, 0.6) is 0 Å². The Hall–Kier alpha value is -2.15. The maximum Gasteiger partial charge on any atom is 0.145 e. The fourth-order valence-electron chi connectivity index (χ4n) is 2.21. The average Bonchev–Trinajstić information content (AvgIpc) is 3.24. The maximum atomic E-state index is 5.46. The Balaban J connectivity index is 1.47. The van der Waals surface area contributed by atoms with E-state index in [1.165, 1.54) is 12.8 Å². The van der Waals surface area contributed by atoms with Gasteiger partial charge in [0.1, 0.15) is 17.5 Å². The molecule has 0 aromatic carbocycles. The van der Waals surface area contributed by atoms with Gasteiger partial charge in [0, 0.05) is 37.5 Å². The number of hydrazine groups is 1. The highest BCUT2D eigenvalue weighted by molar-refractivity contribution is 5.47. The van der Waals surface area contributed by atoms with Crippen LogP contribution in [-0.2, 0) is 6.54 Å². The molecule has 2 aromatic heterocycles. The number of aromatic nitrogens is 4. The summed E-state index contributed by atoms with van der Waals surface area (Å²) in [6.07, 6.45) is 10.2. The van der Waals surface area contributed by atoms with Crippen molar-refractivity contribution in [2.24, 2.45) is 5.84 Å². The molecule has 0 unspecified atom stereocenters. The number of aryl methyl sites for hydroxylation is 1. The van der Waals surface area contributed by atoms with Crippen LogP contribution in [0.4, 0.5) is 11.6 Å². The van der Waals surface area contributed by atoms with E-state index in [-0.39, 0.29) is 0 Å². The minimum absolute atomic E-state index is 0.514. The predicted octanol–water partition coefficient (Wildman–Crippen LogP) is 1.73. The molecule has 1 aliphatic rings. The summed E-state index contributed by atoms with van der Waals surface area (Å²) >= 11 is 0. The third kappa shape index (κ3) is 3.91. The number of hydrogen-bond donors (Lipinski definition) is 3. The number of unbranched alkanes of at least 4 members (excludes halogenated alkanes) is 1. The number of imidazole rings is 1. The lowest BCUT2D eigenvalue weighted by atomic mass is 10.3. The molecule has 4 N–H and O–H groups in total. The first-order chi connectivity index (χ1) is 10.3. The molecule has 7 nitrogen and oxygen atoms in total. The monoisotopic (exact) mass is 287 g/mol. The Labute approximate surface area is 124 Å². The van der Waals surface area contributed by atoms with Crippen LogP contribution in [-0.4, -0.2) is 26.1 Å². The predicted molar refractivity (Wildman–Crippen MR) is 81.8 cm³/mol. The van der Waals surface area contributed by atoms with Gasteiger partial charge >= 0.3 is 0 Å². The van der Waals surface area contributed by atoms with Crippen molar-refractivity contribution in [3.05, 3.63) is 30.6 Å². The molecule has 1 aliphatic carbocycles. The normalized spacial score (nSPS) is 14.1. The molecule has 1 saturated carbocycles. The first kappa shape index (κ1) is 13.8. The topological polar surface area (TPSA) is 93.7 Å². The van der Waals surface area contributed by atoms with Gasteiger partial charge in [0.15, 0.2) is 0 Å². The fraction of sp³-hybridized carbons (Fsp3) is 0.500. The van der Waals surface area contributed by atoms with Gasteiger partial charge in [0.25, 0.3) is 0 Å². The number of nitrogen functional groups attached to an aromatic ring is 1. The summed E-state index contributed by atoms with van der Waals surface area (Å²) in [6, 6.07) is 1.85. The van der Waals surface area contributed by atoms with Gasteiger partial charge in [-0.1, -0.05) is 0 Å². The Morgan fingerprint density at radius 1 is 1.24 bits per heavy atom.